The van der Waals surface area contributed by atoms with Gasteiger partial charge in [-0.1, -0.05) is 53.2 Å². The van der Waals surface area contributed by atoms with Crippen LogP contribution in [0.5, 0.6) is 0 Å². The van der Waals surface area contributed by atoms with E-state index in [1.165, 1.54) is 18.9 Å². The molecule has 0 radical (unpaired) electrons. The summed E-state index contributed by atoms with van der Waals surface area (Å²) in [5.41, 5.74) is 2.99. The van der Waals surface area contributed by atoms with E-state index in [0.29, 0.717) is 38.9 Å². The van der Waals surface area contributed by atoms with E-state index in [2.05, 4.69) is 10.2 Å². The third kappa shape index (κ3) is 4.54. The molecule has 1 atom stereocenters. The van der Waals surface area contributed by atoms with E-state index in [4.69, 9.17) is 32.9 Å². The SMILES string of the molecule is COC(=O)CC[C@@H]1N=C(c2ccccc2Cl)c2cc(Cl)ccc2-n2c(SCCO)nnc21. The molecule has 32 heavy (non-hydrogen) atoms. The van der Waals surface area contributed by atoms with E-state index < -0.39 is 6.04 Å². The smallest absolute Gasteiger partial charge is 0.305 e. The molecule has 1 aromatic heterocycles. The topological polar surface area (TPSA) is 89.6 Å². The van der Waals surface area contributed by atoms with Crippen LogP contribution < -0.4 is 0 Å². The fourth-order valence-corrected chi connectivity index (χ4v) is 4.64. The van der Waals surface area contributed by atoms with Gasteiger partial charge in [0.1, 0.15) is 6.04 Å². The molecule has 166 valence electrons. The Labute approximate surface area is 199 Å². The van der Waals surface area contributed by atoms with Crippen molar-refractivity contribution in [1.29, 1.82) is 0 Å². The molecule has 4 rings (SSSR count). The van der Waals surface area contributed by atoms with E-state index in [1.54, 1.807) is 12.1 Å². The van der Waals surface area contributed by atoms with Crippen molar-refractivity contribution in [1.82, 2.24) is 14.8 Å². The molecule has 0 aliphatic carbocycles. The van der Waals surface area contributed by atoms with Crippen LogP contribution in [0.1, 0.15) is 35.8 Å². The summed E-state index contributed by atoms with van der Waals surface area (Å²) in [7, 11) is 1.36. The van der Waals surface area contributed by atoms with Crippen LogP contribution in [0.3, 0.4) is 0 Å². The number of fused-ring (bicyclic) bond motifs is 3. The van der Waals surface area contributed by atoms with Crippen LogP contribution in [0, 0.1) is 0 Å². The Bertz CT molecular complexity index is 1180. The maximum atomic E-state index is 11.9. The van der Waals surface area contributed by atoms with Gasteiger partial charge in [-0.05, 0) is 30.7 Å². The Kier molecular flexibility index (Phi) is 7.15. The number of esters is 1. The number of thioether (sulfide) groups is 1. The molecule has 1 N–H and O–H groups in total. The number of rotatable bonds is 7. The first-order valence-corrected chi connectivity index (χ1v) is 11.7. The van der Waals surface area contributed by atoms with E-state index in [9.17, 15) is 9.90 Å². The lowest BCUT2D eigenvalue weighted by molar-refractivity contribution is -0.140. The van der Waals surface area contributed by atoms with Gasteiger partial charge in [0.25, 0.3) is 0 Å². The molecule has 0 spiro atoms. The molecule has 0 saturated heterocycles. The molecular formula is C22H20Cl2N4O3S. The first-order valence-electron chi connectivity index (χ1n) is 9.92. The number of aliphatic hydroxyl groups is 1. The molecule has 10 heteroatoms. The second-order valence-corrected chi connectivity index (χ2v) is 8.90. The lowest BCUT2D eigenvalue weighted by Gasteiger charge is -2.14. The minimum Gasteiger partial charge on any atom is -0.469 e. The zero-order chi connectivity index (χ0) is 22.7. The van der Waals surface area contributed by atoms with Crippen molar-refractivity contribution in [2.24, 2.45) is 4.99 Å². The van der Waals surface area contributed by atoms with Crippen molar-refractivity contribution in [2.45, 2.75) is 24.0 Å². The first-order chi connectivity index (χ1) is 15.5. The third-order valence-electron chi connectivity index (χ3n) is 5.00. The van der Waals surface area contributed by atoms with Crippen molar-refractivity contribution in [3.8, 4) is 5.69 Å². The number of hydrogen-bond acceptors (Lipinski definition) is 7. The Morgan fingerprint density at radius 2 is 2.00 bits per heavy atom. The average Bonchev–Trinajstić information content (AvgIpc) is 3.16. The van der Waals surface area contributed by atoms with Crippen molar-refractivity contribution < 1.29 is 14.6 Å². The van der Waals surface area contributed by atoms with Gasteiger partial charge in [0.15, 0.2) is 11.0 Å². The zero-order valence-corrected chi connectivity index (χ0v) is 19.5. The zero-order valence-electron chi connectivity index (χ0n) is 17.2. The number of hydrogen-bond donors (Lipinski definition) is 1. The van der Waals surface area contributed by atoms with Gasteiger partial charge >= 0.3 is 5.97 Å². The quantitative estimate of drug-likeness (QED) is 0.387. The summed E-state index contributed by atoms with van der Waals surface area (Å²) in [6.45, 7) is 0.00742. The van der Waals surface area contributed by atoms with Gasteiger partial charge in [0, 0.05) is 33.3 Å². The van der Waals surface area contributed by atoms with E-state index in [-0.39, 0.29) is 19.0 Å². The predicted octanol–water partition coefficient (Wildman–Crippen LogP) is 4.50. The number of benzene rings is 2. The fourth-order valence-electron chi connectivity index (χ4n) is 3.55. The van der Waals surface area contributed by atoms with Crippen molar-refractivity contribution in [3.05, 3.63) is 69.5 Å². The third-order valence-corrected chi connectivity index (χ3v) is 6.47. The lowest BCUT2D eigenvalue weighted by Crippen LogP contribution is -2.09. The number of carbonyl (C=O) groups is 1. The van der Waals surface area contributed by atoms with Crippen LogP contribution >= 0.6 is 35.0 Å². The molecule has 3 aromatic rings. The van der Waals surface area contributed by atoms with Gasteiger partial charge in [-0.2, -0.15) is 0 Å². The Morgan fingerprint density at radius 3 is 2.75 bits per heavy atom. The number of aromatic nitrogens is 3. The molecule has 0 unspecified atom stereocenters. The van der Waals surface area contributed by atoms with E-state index in [1.807, 2.05) is 34.9 Å². The van der Waals surface area contributed by atoms with Crippen molar-refractivity contribution in [2.75, 3.05) is 19.5 Å². The summed E-state index contributed by atoms with van der Waals surface area (Å²) < 4.78 is 6.74. The number of ether oxygens (including phenoxy) is 1. The number of nitrogens with zero attached hydrogens (tertiary/aromatic N) is 4. The molecule has 2 heterocycles. The minimum atomic E-state index is -0.470. The Balaban J connectivity index is 1.94. The van der Waals surface area contributed by atoms with Gasteiger partial charge < -0.3 is 9.84 Å². The van der Waals surface area contributed by atoms with Gasteiger partial charge in [0.2, 0.25) is 0 Å². The second-order valence-electron chi connectivity index (χ2n) is 7.00. The van der Waals surface area contributed by atoms with Crippen molar-refractivity contribution in [3.63, 3.8) is 0 Å². The number of carbonyl (C=O) groups excluding carboxylic acids is 1. The van der Waals surface area contributed by atoms with Gasteiger partial charge in [-0.15, -0.1) is 10.2 Å². The summed E-state index contributed by atoms with van der Waals surface area (Å²) >= 11 is 14.3. The highest BCUT2D eigenvalue weighted by Gasteiger charge is 2.30. The Morgan fingerprint density at radius 1 is 1.19 bits per heavy atom. The van der Waals surface area contributed by atoms with Crippen LogP contribution in [-0.4, -0.2) is 51.0 Å². The summed E-state index contributed by atoms with van der Waals surface area (Å²) in [5.74, 6) is 0.733. The molecule has 7 nitrogen and oxygen atoms in total. The molecule has 0 fully saturated rings. The molecule has 2 aromatic carbocycles. The van der Waals surface area contributed by atoms with E-state index in [0.717, 1.165) is 16.8 Å². The summed E-state index contributed by atoms with van der Waals surface area (Å²) in [6, 6.07) is 12.5. The van der Waals surface area contributed by atoms with E-state index >= 15 is 0 Å². The van der Waals surface area contributed by atoms with Crippen LogP contribution in [0.4, 0.5) is 0 Å². The lowest BCUT2D eigenvalue weighted by atomic mass is 10.00. The Hall–Kier alpha value is -2.39. The van der Waals surface area contributed by atoms with Gasteiger partial charge in [-0.3, -0.25) is 14.4 Å². The molecule has 0 saturated carbocycles. The normalized spacial score (nSPS) is 14.9. The molecular weight excluding hydrogens is 471 g/mol. The second kappa shape index (κ2) is 10.0. The highest BCUT2D eigenvalue weighted by molar-refractivity contribution is 7.99. The average molecular weight is 491 g/mol. The largest absolute Gasteiger partial charge is 0.469 e. The van der Waals surface area contributed by atoms with Crippen LogP contribution in [0.25, 0.3) is 5.69 Å². The number of halogens is 2. The monoisotopic (exact) mass is 490 g/mol. The summed E-state index contributed by atoms with van der Waals surface area (Å²) in [5, 5.41) is 19.8. The number of aliphatic hydroxyl groups excluding tert-OH is 1. The maximum Gasteiger partial charge on any atom is 0.305 e. The molecule has 0 bridgehead atoms. The predicted molar refractivity (Wildman–Crippen MR) is 125 cm³/mol. The standard InChI is InChI=1S/C22H20Cl2N4O3S/c1-31-19(30)9-7-17-21-26-27-22(32-11-10-29)28(21)18-8-6-13(23)12-15(18)20(25-17)14-4-2-3-5-16(14)24/h2-6,8,12,17,29H,7,9-11H2,1H3/t17-/m0/s1. The minimum absolute atomic E-state index is 0.00742. The fraction of sp³-hybridized carbons (Fsp3) is 0.273. The number of aliphatic imine (C=N–C) groups is 1. The van der Waals surface area contributed by atoms with Crippen molar-refractivity contribution >= 4 is 46.6 Å². The van der Waals surface area contributed by atoms with Gasteiger partial charge in [-0.25, -0.2) is 0 Å². The summed E-state index contributed by atoms with van der Waals surface area (Å²) in [6.07, 6.45) is 0.550. The van der Waals surface area contributed by atoms with Crippen LogP contribution in [0.2, 0.25) is 10.0 Å². The highest BCUT2D eigenvalue weighted by atomic mass is 35.5. The van der Waals surface area contributed by atoms with Crippen LogP contribution in [-0.2, 0) is 9.53 Å². The van der Waals surface area contributed by atoms with Crippen LogP contribution in [0.15, 0.2) is 52.6 Å². The first kappa shape index (κ1) is 22.8. The number of methoxy groups -OCH3 is 1. The summed E-state index contributed by atoms with van der Waals surface area (Å²) in [4.78, 5) is 16.9. The highest BCUT2D eigenvalue weighted by Crippen LogP contribution is 2.37. The molecule has 1 aliphatic heterocycles. The molecule has 1 aliphatic rings. The van der Waals surface area contributed by atoms with Gasteiger partial charge in [0.05, 0.1) is 25.1 Å². The molecule has 0 amide bonds. The maximum absolute atomic E-state index is 11.9.